The van der Waals surface area contributed by atoms with E-state index >= 15 is 0 Å². The largest absolute Gasteiger partial charge is 0.384 e. The number of hydrogen-bond acceptors (Lipinski definition) is 5. The van der Waals surface area contributed by atoms with Gasteiger partial charge in [0.15, 0.2) is 5.82 Å². The lowest BCUT2D eigenvalue weighted by Crippen LogP contribution is -1.91. The third-order valence-electron chi connectivity index (χ3n) is 2.78. The molecular weight excluding hydrogens is 320 g/mol. The van der Waals surface area contributed by atoms with Gasteiger partial charge in [0.25, 0.3) is 5.89 Å². The highest BCUT2D eigenvalue weighted by atomic mass is 79.9. The smallest absolute Gasteiger partial charge is 0.259 e. The van der Waals surface area contributed by atoms with E-state index in [-0.39, 0.29) is 0 Å². The number of nitrogens with two attached hydrogens (primary N) is 1. The molecule has 0 bridgehead atoms. The monoisotopic (exact) mass is 330 g/mol. The number of pyridine rings is 1. The van der Waals surface area contributed by atoms with Gasteiger partial charge in [0.2, 0.25) is 0 Å². The summed E-state index contributed by atoms with van der Waals surface area (Å²) in [6, 6.07) is 11.5. The molecule has 2 N–H and O–H groups in total. The van der Waals surface area contributed by atoms with Crippen LogP contribution in [0, 0.1) is 0 Å². The molecule has 0 radical (unpaired) electrons. The molecule has 0 spiro atoms. The van der Waals surface area contributed by atoms with E-state index in [4.69, 9.17) is 10.3 Å². The third kappa shape index (κ3) is 2.85. The van der Waals surface area contributed by atoms with Crippen molar-refractivity contribution in [2.24, 2.45) is 0 Å². The molecule has 0 atom stereocenters. The predicted octanol–water partition coefficient (Wildman–Crippen LogP) is 3.07. The summed E-state index contributed by atoms with van der Waals surface area (Å²) in [5, 5.41) is 3.98. The van der Waals surface area contributed by atoms with Gasteiger partial charge in [0.1, 0.15) is 5.82 Å². The SMILES string of the molecule is Nc1ccc(-c2nc(Cc3ccc(Br)cc3)no2)cn1. The Balaban J connectivity index is 1.80. The summed E-state index contributed by atoms with van der Waals surface area (Å²) in [4.78, 5) is 8.36. The molecule has 20 heavy (non-hydrogen) atoms. The Kier molecular flexibility index (Phi) is 3.47. The number of rotatable bonds is 3. The minimum Gasteiger partial charge on any atom is -0.384 e. The number of aromatic nitrogens is 3. The molecule has 2 aromatic heterocycles. The van der Waals surface area contributed by atoms with E-state index in [1.807, 2.05) is 24.3 Å². The number of halogens is 1. The topological polar surface area (TPSA) is 77.8 Å². The van der Waals surface area contributed by atoms with Crippen LogP contribution in [0.15, 0.2) is 51.6 Å². The van der Waals surface area contributed by atoms with Gasteiger partial charge in [-0.25, -0.2) is 4.98 Å². The van der Waals surface area contributed by atoms with Gasteiger partial charge >= 0.3 is 0 Å². The van der Waals surface area contributed by atoms with E-state index in [1.54, 1.807) is 18.3 Å². The first-order valence-corrected chi connectivity index (χ1v) is 6.79. The van der Waals surface area contributed by atoms with E-state index in [0.717, 1.165) is 15.6 Å². The first kappa shape index (κ1) is 12.8. The lowest BCUT2D eigenvalue weighted by Gasteiger charge is -1.96. The van der Waals surface area contributed by atoms with E-state index in [1.165, 1.54) is 0 Å². The van der Waals surface area contributed by atoms with E-state index in [2.05, 4.69) is 31.1 Å². The Bertz CT molecular complexity index is 707. The van der Waals surface area contributed by atoms with Crippen LogP contribution in [0.4, 0.5) is 5.82 Å². The molecule has 0 amide bonds. The number of nitrogen functional groups attached to an aromatic ring is 1. The van der Waals surface area contributed by atoms with Gasteiger partial charge in [0, 0.05) is 17.1 Å². The van der Waals surface area contributed by atoms with Gasteiger partial charge in [-0.1, -0.05) is 33.2 Å². The highest BCUT2D eigenvalue weighted by Crippen LogP contribution is 2.18. The average Bonchev–Trinajstić information content (AvgIpc) is 2.91. The summed E-state index contributed by atoms with van der Waals surface area (Å²) in [5.74, 6) is 1.55. The summed E-state index contributed by atoms with van der Waals surface area (Å²) >= 11 is 3.40. The Morgan fingerprint density at radius 3 is 2.60 bits per heavy atom. The molecule has 5 nitrogen and oxygen atoms in total. The second-order valence-corrected chi connectivity index (χ2v) is 5.21. The zero-order valence-corrected chi connectivity index (χ0v) is 12.0. The first-order valence-electron chi connectivity index (χ1n) is 5.99. The zero-order valence-electron chi connectivity index (χ0n) is 10.5. The van der Waals surface area contributed by atoms with E-state index in [9.17, 15) is 0 Å². The maximum absolute atomic E-state index is 5.54. The third-order valence-corrected chi connectivity index (χ3v) is 3.31. The molecule has 100 valence electrons. The number of nitrogens with zero attached hydrogens (tertiary/aromatic N) is 3. The normalized spacial score (nSPS) is 10.7. The van der Waals surface area contributed by atoms with Crippen molar-refractivity contribution in [3.05, 3.63) is 58.5 Å². The van der Waals surface area contributed by atoms with Crippen molar-refractivity contribution in [2.45, 2.75) is 6.42 Å². The van der Waals surface area contributed by atoms with Gasteiger partial charge < -0.3 is 10.3 Å². The second kappa shape index (κ2) is 5.42. The molecule has 0 fully saturated rings. The minimum absolute atomic E-state index is 0.449. The molecule has 3 rings (SSSR count). The van der Waals surface area contributed by atoms with Crippen molar-refractivity contribution in [1.29, 1.82) is 0 Å². The number of hydrogen-bond donors (Lipinski definition) is 1. The van der Waals surface area contributed by atoms with Crippen LogP contribution in [-0.4, -0.2) is 15.1 Å². The van der Waals surface area contributed by atoms with Crippen LogP contribution in [0.5, 0.6) is 0 Å². The Morgan fingerprint density at radius 2 is 1.90 bits per heavy atom. The van der Waals surface area contributed by atoms with Crippen molar-refractivity contribution < 1.29 is 4.52 Å². The van der Waals surface area contributed by atoms with Crippen LogP contribution >= 0.6 is 15.9 Å². The van der Waals surface area contributed by atoms with E-state index in [0.29, 0.717) is 24.0 Å². The summed E-state index contributed by atoms with van der Waals surface area (Å²) in [7, 11) is 0. The molecule has 0 aliphatic heterocycles. The van der Waals surface area contributed by atoms with Crippen molar-refractivity contribution in [3.63, 3.8) is 0 Å². The lowest BCUT2D eigenvalue weighted by molar-refractivity contribution is 0.424. The highest BCUT2D eigenvalue weighted by molar-refractivity contribution is 9.10. The fourth-order valence-corrected chi connectivity index (χ4v) is 2.02. The van der Waals surface area contributed by atoms with Crippen LogP contribution in [0.2, 0.25) is 0 Å². The summed E-state index contributed by atoms with van der Waals surface area (Å²) in [6.07, 6.45) is 2.24. The van der Waals surface area contributed by atoms with Crippen LogP contribution in [0.1, 0.15) is 11.4 Å². The molecule has 6 heteroatoms. The summed E-state index contributed by atoms with van der Waals surface area (Å²) in [5.41, 5.74) is 7.42. The molecule has 0 saturated heterocycles. The van der Waals surface area contributed by atoms with Gasteiger partial charge in [-0.2, -0.15) is 4.98 Å². The second-order valence-electron chi connectivity index (χ2n) is 4.29. The van der Waals surface area contributed by atoms with Gasteiger partial charge in [-0.05, 0) is 29.8 Å². The predicted molar refractivity (Wildman–Crippen MR) is 78.9 cm³/mol. The van der Waals surface area contributed by atoms with Gasteiger partial charge in [-0.3, -0.25) is 0 Å². The van der Waals surface area contributed by atoms with Crippen LogP contribution < -0.4 is 5.73 Å². The number of anilines is 1. The summed E-state index contributed by atoms with van der Waals surface area (Å²) in [6.45, 7) is 0. The van der Waals surface area contributed by atoms with Crippen molar-refractivity contribution in [1.82, 2.24) is 15.1 Å². The Hall–Kier alpha value is -2.21. The lowest BCUT2D eigenvalue weighted by atomic mass is 10.1. The van der Waals surface area contributed by atoms with Crippen LogP contribution in [0.3, 0.4) is 0 Å². The van der Waals surface area contributed by atoms with Gasteiger partial charge in [-0.15, -0.1) is 0 Å². The van der Waals surface area contributed by atoms with Crippen LogP contribution in [0.25, 0.3) is 11.5 Å². The van der Waals surface area contributed by atoms with Crippen LogP contribution in [-0.2, 0) is 6.42 Å². The maximum atomic E-state index is 5.54. The fourth-order valence-electron chi connectivity index (χ4n) is 1.76. The number of benzene rings is 1. The molecule has 2 heterocycles. The first-order chi connectivity index (χ1) is 9.70. The summed E-state index contributed by atoms with van der Waals surface area (Å²) < 4.78 is 6.28. The van der Waals surface area contributed by atoms with E-state index < -0.39 is 0 Å². The quantitative estimate of drug-likeness (QED) is 0.798. The molecule has 3 aromatic rings. The van der Waals surface area contributed by atoms with Crippen molar-refractivity contribution in [3.8, 4) is 11.5 Å². The van der Waals surface area contributed by atoms with Crippen molar-refractivity contribution in [2.75, 3.05) is 5.73 Å². The molecule has 0 unspecified atom stereocenters. The van der Waals surface area contributed by atoms with Crippen molar-refractivity contribution >= 4 is 21.7 Å². The average molecular weight is 331 g/mol. The Morgan fingerprint density at radius 1 is 1.10 bits per heavy atom. The highest BCUT2D eigenvalue weighted by Gasteiger charge is 2.09. The molecule has 0 saturated carbocycles. The molecular formula is C14H11BrN4O. The fraction of sp³-hybridized carbons (Fsp3) is 0.0714. The Labute approximate surface area is 124 Å². The standard InChI is InChI=1S/C14H11BrN4O/c15-11-4-1-9(2-5-11)7-13-18-14(20-19-13)10-3-6-12(16)17-8-10/h1-6,8H,7H2,(H2,16,17). The maximum Gasteiger partial charge on any atom is 0.259 e. The minimum atomic E-state index is 0.449. The molecule has 0 aliphatic carbocycles. The molecule has 0 aliphatic rings. The zero-order chi connectivity index (χ0) is 13.9. The molecule has 1 aromatic carbocycles. The van der Waals surface area contributed by atoms with Gasteiger partial charge in [0.05, 0.1) is 5.56 Å².